The molecule has 5 nitrogen and oxygen atoms in total. The standard InChI is InChI=1S/C19H14F2N4OS/c1-10-2-4-11(5-3-10)15-9-27-19(24-15)25-18(26)12-6-7-13-14(8-12)23-17(22-13)16(20)21/h2-9,16H,1H3,(H,22,23)(H,24,25,26). The molecule has 4 rings (SSSR count). The summed E-state index contributed by atoms with van der Waals surface area (Å²) in [5.41, 5.74) is 4.01. The number of aryl methyl sites for hydroxylation is 1. The van der Waals surface area contributed by atoms with E-state index >= 15 is 0 Å². The number of imidazole rings is 1. The Labute approximate surface area is 157 Å². The molecule has 2 heterocycles. The van der Waals surface area contributed by atoms with Gasteiger partial charge in [0.15, 0.2) is 11.0 Å². The lowest BCUT2D eigenvalue weighted by atomic mass is 10.1. The third-order valence-electron chi connectivity index (χ3n) is 4.04. The van der Waals surface area contributed by atoms with Gasteiger partial charge in [0.2, 0.25) is 0 Å². The fourth-order valence-corrected chi connectivity index (χ4v) is 3.35. The van der Waals surface area contributed by atoms with Gasteiger partial charge in [-0.2, -0.15) is 0 Å². The number of hydrogen-bond donors (Lipinski definition) is 2. The molecule has 27 heavy (non-hydrogen) atoms. The van der Waals surface area contributed by atoms with Crippen LogP contribution in [0, 0.1) is 6.92 Å². The number of thiazole rings is 1. The molecule has 0 spiro atoms. The van der Waals surface area contributed by atoms with E-state index in [4.69, 9.17) is 0 Å². The van der Waals surface area contributed by atoms with Crippen LogP contribution in [0.5, 0.6) is 0 Å². The number of nitrogens with one attached hydrogen (secondary N) is 2. The van der Waals surface area contributed by atoms with Gasteiger partial charge in [0.1, 0.15) is 0 Å². The summed E-state index contributed by atoms with van der Waals surface area (Å²) < 4.78 is 25.5. The van der Waals surface area contributed by atoms with Crippen molar-refractivity contribution in [2.75, 3.05) is 5.32 Å². The van der Waals surface area contributed by atoms with Crippen molar-refractivity contribution in [2.45, 2.75) is 13.3 Å². The van der Waals surface area contributed by atoms with Crippen LogP contribution in [0.2, 0.25) is 0 Å². The molecular weight excluding hydrogens is 370 g/mol. The molecule has 0 aliphatic heterocycles. The number of alkyl halides is 2. The number of H-pyrrole nitrogens is 1. The molecule has 4 aromatic rings. The fraction of sp³-hybridized carbons (Fsp3) is 0.105. The number of hydrogen-bond acceptors (Lipinski definition) is 4. The van der Waals surface area contributed by atoms with Gasteiger partial charge in [-0.3, -0.25) is 10.1 Å². The summed E-state index contributed by atoms with van der Waals surface area (Å²) in [5, 5.41) is 5.07. The largest absolute Gasteiger partial charge is 0.337 e. The molecule has 136 valence electrons. The van der Waals surface area contributed by atoms with Gasteiger partial charge in [-0.25, -0.2) is 18.7 Å². The minimum absolute atomic E-state index is 0.332. The van der Waals surface area contributed by atoms with Crippen LogP contribution in [-0.2, 0) is 0 Å². The molecular formula is C19H14F2N4OS. The third kappa shape index (κ3) is 3.56. The van der Waals surface area contributed by atoms with Gasteiger partial charge < -0.3 is 4.98 Å². The predicted molar refractivity (Wildman–Crippen MR) is 101 cm³/mol. The quantitative estimate of drug-likeness (QED) is 0.509. The molecule has 0 saturated heterocycles. The minimum atomic E-state index is -2.69. The summed E-state index contributed by atoms with van der Waals surface area (Å²) in [6.07, 6.45) is -2.69. The van der Waals surface area contributed by atoms with E-state index in [0.717, 1.165) is 16.8 Å². The molecule has 0 atom stereocenters. The number of benzene rings is 2. The van der Waals surface area contributed by atoms with Gasteiger partial charge >= 0.3 is 0 Å². The number of anilines is 1. The number of aromatic amines is 1. The highest BCUT2D eigenvalue weighted by Crippen LogP contribution is 2.26. The molecule has 8 heteroatoms. The zero-order valence-electron chi connectivity index (χ0n) is 14.2. The fourth-order valence-electron chi connectivity index (χ4n) is 2.63. The maximum absolute atomic E-state index is 12.7. The number of carbonyl (C=O) groups excluding carboxylic acids is 1. The normalized spacial score (nSPS) is 11.3. The Hall–Kier alpha value is -3.13. The predicted octanol–water partition coefficient (Wildman–Crippen LogP) is 5.18. The summed E-state index contributed by atoms with van der Waals surface area (Å²) in [6, 6.07) is 12.5. The van der Waals surface area contributed by atoms with E-state index in [1.165, 1.54) is 23.5 Å². The van der Waals surface area contributed by atoms with E-state index in [1.54, 1.807) is 6.07 Å². The number of carbonyl (C=O) groups is 1. The first-order valence-corrected chi connectivity index (χ1v) is 8.99. The van der Waals surface area contributed by atoms with Crippen LogP contribution in [0.1, 0.15) is 28.2 Å². The highest BCUT2D eigenvalue weighted by Gasteiger charge is 2.15. The average Bonchev–Trinajstić information content (AvgIpc) is 3.28. The van der Waals surface area contributed by atoms with Crippen molar-refractivity contribution in [3.05, 3.63) is 64.8 Å². The van der Waals surface area contributed by atoms with E-state index in [-0.39, 0.29) is 5.91 Å². The van der Waals surface area contributed by atoms with Crippen molar-refractivity contribution >= 4 is 33.4 Å². The lowest BCUT2D eigenvalue weighted by Crippen LogP contribution is -2.11. The van der Waals surface area contributed by atoms with E-state index in [0.29, 0.717) is 21.7 Å². The Morgan fingerprint density at radius 3 is 2.67 bits per heavy atom. The van der Waals surface area contributed by atoms with Gasteiger partial charge in [-0.1, -0.05) is 29.8 Å². The molecule has 0 aliphatic carbocycles. The first kappa shape index (κ1) is 17.3. The van der Waals surface area contributed by atoms with Crippen molar-refractivity contribution in [3.8, 4) is 11.3 Å². The molecule has 2 aromatic heterocycles. The summed E-state index contributed by atoms with van der Waals surface area (Å²) in [6.45, 7) is 2.01. The van der Waals surface area contributed by atoms with Crippen molar-refractivity contribution in [3.63, 3.8) is 0 Å². The minimum Gasteiger partial charge on any atom is -0.337 e. The zero-order chi connectivity index (χ0) is 19.0. The Kier molecular flexibility index (Phi) is 4.41. The lowest BCUT2D eigenvalue weighted by molar-refractivity contribution is 0.102. The van der Waals surface area contributed by atoms with Crippen LogP contribution in [-0.4, -0.2) is 20.9 Å². The van der Waals surface area contributed by atoms with Gasteiger partial charge in [-0.05, 0) is 25.1 Å². The van der Waals surface area contributed by atoms with Crippen LogP contribution in [0.25, 0.3) is 22.3 Å². The number of aromatic nitrogens is 3. The number of rotatable bonds is 4. The molecule has 0 unspecified atom stereocenters. The number of halogens is 2. The van der Waals surface area contributed by atoms with Crippen LogP contribution >= 0.6 is 11.3 Å². The molecule has 0 aliphatic rings. The molecule has 0 bridgehead atoms. The second-order valence-electron chi connectivity index (χ2n) is 6.01. The summed E-state index contributed by atoms with van der Waals surface area (Å²) in [5.74, 6) is -0.778. The van der Waals surface area contributed by atoms with Crippen molar-refractivity contribution in [2.24, 2.45) is 0 Å². The molecule has 2 N–H and O–H groups in total. The Balaban J connectivity index is 1.53. The SMILES string of the molecule is Cc1ccc(-c2csc(NC(=O)c3ccc4nc(C(F)F)[nH]c4c3)n2)cc1. The number of amides is 1. The molecule has 0 fully saturated rings. The maximum atomic E-state index is 12.7. The monoisotopic (exact) mass is 384 g/mol. The number of fused-ring (bicyclic) bond motifs is 1. The highest BCUT2D eigenvalue weighted by molar-refractivity contribution is 7.14. The van der Waals surface area contributed by atoms with E-state index < -0.39 is 12.2 Å². The van der Waals surface area contributed by atoms with Gasteiger partial charge in [-0.15, -0.1) is 11.3 Å². The zero-order valence-corrected chi connectivity index (χ0v) is 15.0. The van der Waals surface area contributed by atoms with Crippen molar-refractivity contribution in [1.82, 2.24) is 15.0 Å². The molecule has 0 saturated carbocycles. The van der Waals surface area contributed by atoms with E-state index in [1.807, 2.05) is 36.6 Å². The summed E-state index contributed by atoms with van der Waals surface area (Å²) in [7, 11) is 0. The van der Waals surface area contributed by atoms with Crippen LogP contribution in [0.15, 0.2) is 47.8 Å². The van der Waals surface area contributed by atoms with Crippen LogP contribution in [0.3, 0.4) is 0 Å². The van der Waals surface area contributed by atoms with E-state index in [9.17, 15) is 13.6 Å². The van der Waals surface area contributed by atoms with Crippen LogP contribution < -0.4 is 5.32 Å². The Bertz CT molecular complexity index is 1120. The average molecular weight is 384 g/mol. The first-order chi connectivity index (χ1) is 13.0. The van der Waals surface area contributed by atoms with Crippen LogP contribution in [0.4, 0.5) is 13.9 Å². The summed E-state index contributed by atoms with van der Waals surface area (Å²) in [4.78, 5) is 23.2. The topological polar surface area (TPSA) is 70.7 Å². The number of nitrogens with zero attached hydrogens (tertiary/aromatic N) is 2. The smallest absolute Gasteiger partial charge is 0.295 e. The third-order valence-corrected chi connectivity index (χ3v) is 4.80. The Morgan fingerprint density at radius 1 is 1.15 bits per heavy atom. The molecule has 0 radical (unpaired) electrons. The highest BCUT2D eigenvalue weighted by atomic mass is 32.1. The molecule has 1 amide bonds. The van der Waals surface area contributed by atoms with Crippen molar-refractivity contribution < 1.29 is 13.6 Å². The van der Waals surface area contributed by atoms with E-state index in [2.05, 4.69) is 20.3 Å². The van der Waals surface area contributed by atoms with Crippen molar-refractivity contribution in [1.29, 1.82) is 0 Å². The van der Waals surface area contributed by atoms with Gasteiger partial charge in [0.05, 0.1) is 16.7 Å². The second-order valence-corrected chi connectivity index (χ2v) is 6.87. The first-order valence-electron chi connectivity index (χ1n) is 8.11. The van der Waals surface area contributed by atoms with Gasteiger partial charge in [0.25, 0.3) is 12.3 Å². The maximum Gasteiger partial charge on any atom is 0.295 e. The second kappa shape index (κ2) is 6.88. The molecule has 2 aromatic carbocycles. The van der Waals surface area contributed by atoms with Gasteiger partial charge in [0, 0.05) is 16.5 Å². The Morgan fingerprint density at radius 2 is 1.93 bits per heavy atom. The summed E-state index contributed by atoms with van der Waals surface area (Å²) >= 11 is 1.32. The lowest BCUT2D eigenvalue weighted by Gasteiger charge is -2.02.